The van der Waals surface area contributed by atoms with Gasteiger partial charge in [0, 0.05) is 35.2 Å². The van der Waals surface area contributed by atoms with E-state index in [9.17, 15) is 9.59 Å². The van der Waals surface area contributed by atoms with Gasteiger partial charge in [0.15, 0.2) is 5.43 Å². The molecule has 2 aromatic heterocycles. The van der Waals surface area contributed by atoms with Crippen LogP contribution in [0.3, 0.4) is 0 Å². The van der Waals surface area contributed by atoms with Crippen molar-refractivity contribution in [2.45, 2.75) is 26.3 Å². The molecule has 1 unspecified atom stereocenters. The lowest BCUT2D eigenvalue weighted by Crippen LogP contribution is -2.27. The van der Waals surface area contributed by atoms with Crippen LogP contribution in [0.1, 0.15) is 35.1 Å². The molecule has 1 atom stereocenters. The standard InChI is InChI=1S/C15H14ClNO3S/c1-7(2)10-5-13-8(3-14(16)21-13)11-4-12(18)9(15(19)20)6-17(10)11/h3-4,6-7,10H,5H2,1-2H3,(H,19,20). The van der Waals surface area contributed by atoms with Gasteiger partial charge >= 0.3 is 5.97 Å². The number of carbonyl (C=O) groups is 1. The van der Waals surface area contributed by atoms with Gasteiger partial charge < -0.3 is 9.67 Å². The number of hydrogen-bond donors (Lipinski definition) is 1. The van der Waals surface area contributed by atoms with Crippen molar-refractivity contribution in [1.82, 2.24) is 4.57 Å². The van der Waals surface area contributed by atoms with Gasteiger partial charge in [0.05, 0.1) is 10.0 Å². The van der Waals surface area contributed by atoms with Crippen LogP contribution in [0.2, 0.25) is 4.34 Å². The van der Waals surface area contributed by atoms with Crippen LogP contribution in [0.15, 0.2) is 23.1 Å². The molecule has 0 aliphatic carbocycles. The van der Waals surface area contributed by atoms with Gasteiger partial charge in [0.1, 0.15) is 5.56 Å². The summed E-state index contributed by atoms with van der Waals surface area (Å²) in [5.41, 5.74) is 1.05. The maximum atomic E-state index is 12.0. The van der Waals surface area contributed by atoms with E-state index in [1.165, 1.54) is 23.6 Å². The smallest absolute Gasteiger partial charge is 0.341 e. The van der Waals surface area contributed by atoms with Crippen molar-refractivity contribution >= 4 is 28.9 Å². The highest BCUT2D eigenvalue weighted by Crippen LogP contribution is 2.42. The second-order valence-corrected chi connectivity index (χ2v) is 7.32. The van der Waals surface area contributed by atoms with E-state index in [1.807, 2.05) is 10.6 Å². The second-order valence-electron chi connectivity index (χ2n) is 5.55. The summed E-state index contributed by atoms with van der Waals surface area (Å²) in [6, 6.07) is 3.39. The predicted octanol–water partition coefficient (Wildman–Crippen LogP) is 3.68. The van der Waals surface area contributed by atoms with Crippen molar-refractivity contribution in [3.8, 4) is 11.3 Å². The molecule has 1 N–H and O–H groups in total. The molecule has 110 valence electrons. The van der Waals surface area contributed by atoms with Crippen LogP contribution in [0.25, 0.3) is 11.3 Å². The zero-order valence-corrected chi connectivity index (χ0v) is 13.2. The summed E-state index contributed by atoms with van der Waals surface area (Å²) in [6.07, 6.45) is 2.28. The highest BCUT2D eigenvalue weighted by molar-refractivity contribution is 7.16. The number of carboxylic acids is 1. The Morgan fingerprint density at radius 3 is 2.81 bits per heavy atom. The van der Waals surface area contributed by atoms with E-state index < -0.39 is 11.4 Å². The third-order valence-corrected chi connectivity index (χ3v) is 5.17. The number of aromatic nitrogens is 1. The van der Waals surface area contributed by atoms with Crippen molar-refractivity contribution in [3.63, 3.8) is 0 Å². The molecule has 0 fully saturated rings. The first-order chi connectivity index (χ1) is 9.88. The summed E-state index contributed by atoms with van der Waals surface area (Å²) in [5.74, 6) is -0.867. The zero-order chi connectivity index (χ0) is 15.3. The Kier molecular flexibility index (Phi) is 3.42. The van der Waals surface area contributed by atoms with Gasteiger partial charge in [-0.3, -0.25) is 4.79 Å². The second kappa shape index (κ2) is 5.00. The fourth-order valence-electron chi connectivity index (χ4n) is 2.81. The Balaban J connectivity index is 2.30. The minimum atomic E-state index is -1.19. The van der Waals surface area contributed by atoms with Crippen molar-refractivity contribution in [1.29, 1.82) is 0 Å². The number of pyridine rings is 1. The van der Waals surface area contributed by atoms with E-state index in [2.05, 4.69) is 13.8 Å². The van der Waals surface area contributed by atoms with E-state index >= 15 is 0 Å². The summed E-state index contributed by atoms with van der Waals surface area (Å²) in [5, 5.41) is 9.16. The molecule has 2 aromatic rings. The Hall–Kier alpha value is -1.59. The third-order valence-electron chi connectivity index (χ3n) is 3.89. The van der Waals surface area contributed by atoms with Gasteiger partial charge in [-0.15, -0.1) is 11.3 Å². The van der Waals surface area contributed by atoms with Crippen molar-refractivity contribution < 1.29 is 9.90 Å². The molecule has 0 radical (unpaired) electrons. The maximum Gasteiger partial charge on any atom is 0.341 e. The number of carboxylic acid groups (broad SMARTS) is 1. The lowest BCUT2D eigenvalue weighted by Gasteiger charge is -2.31. The Bertz CT molecular complexity index is 791. The molecule has 0 saturated carbocycles. The highest BCUT2D eigenvalue weighted by Gasteiger charge is 2.29. The number of aromatic carboxylic acids is 1. The number of hydrogen-bond acceptors (Lipinski definition) is 3. The Morgan fingerprint density at radius 2 is 2.19 bits per heavy atom. The summed E-state index contributed by atoms with van der Waals surface area (Å²) in [6.45, 7) is 4.18. The fraction of sp³-hybridized carbons (Fsp3) is 0.333. The fourth-order valence-corrected chi connectivity index (χ4v) is 4.14. The van der Waals surface area contributed by atoms with Crippen molar-refractivity contribution in [2.24, 2.45) is 5.92 Å². The summed E-state index contributed by atoms with van der Waals surface area (Å²) in [4.78, 5) is 24.4. The lowest BCUT2D eigenvalue weighted by atomic mass is 9.92. The van der Waals surface area contributed by atoms with Crippen LogP contribution in [0, 0.1) is 5.92 Å². The summed E-state index contributed by atoms with van der Waals surface area (Å²) < 4.78 is 2.60. The van der Waals surface area contributed by atoms with Crippen LogP contribution in [0.5, 0.6) is 0 Å². The quantitative estimate of drug-likeness (QED) is 0.917. The SMILES string of the molecule is CC(C)C1Cc2sc(Cl)cc2-c2cc(=O)c(C(=O)O)cn21. The average Bonchev–Trinajstić information content (AvgIpc) is 2.77. The molecule has 0 amide bonds. The van der Waals surface area contributed by atoms with Crippen molar-refractivity contribution in [2.75, 3.05) is 0 Å². The first-order valence-electron chi connectivity index (χ1n) is 6.66. The van der Waals surface area contributed by atoms with E-state index in [4.69, 9.17) is 16.7 Å². The Morgan fingerprint density at radius 1 is 1.48 bits per heavy atom. The average molecular weight is 324 g/mol. The normalized spacial score (nSPS) is 16.7. The van der Waals surface area contributed by atoms with Crippen molar-refractivity contribution in [3.05, 3.63) is 43.3 Å². The summed E-state index contributed by atoms with van der Waals surface area (Å²) in [7, 11) is 0. The van der Waals surface area contributed by atoms with Gasteiger partial charge in [-0.2, -0.15) is 0 Å². The number of rotatable bonds is 2. The van der Waals surface area contributed by atoms with E-state index in [0.717, 1.165) is 22.6 Å². The van der Waals surface area contributed by atoms with Crippen LogP contribution in [0.4, 0.5) is 0 Å². The molecule has 3 rings (SSSR count). The number of fused-ring (bicyclic) bond motifs is 3. The highest BCUT2D eigenvalue weighted by atomic mass is 35.5. The van der Waals surface area contributed by atoms with Crippen LogP contribution >= 0.6 is 22.9 Å². The van der Waals surface area contributed by atoms with E-state index in [-0.39, 0.29) is 11.6 Å². The number of halogens is 1. The van der Waals surface area contributed by atoms with Gasteiger partial charge in [-0.05, 0) is 12.0 Å². The molecule has 1 aliphatic rings. The summed E-state index contributed by atoms with van der Waals surface area (Å²) >= 11 is 7.63. The van der Waals surface area contributed by atoms with E-state index in [0.29, 0.717) is 10.3 Å². The monoisotopic (exact) mass is 323 g/mol. The molecule has 0 saturated heterocycles. The zero-order valence-electron chi connectivity index (χ0n) is 11.6. The lowest BCUT2D eigenvalue weighted by molar-refractivity contribution is 0.0694. The molecule has 4 nitrogen and oxygen atoms in total. The first-order valence-corrected chi connectivity index (χ1v) is 7.86. The minimum Gasteiger partial charge on any atom is -0.477 e. The van der Waals surface area contributed by atoms with Crippen LogP contribution < -0.4 is 5.43 Å². The molecule has 0 bridgehead atoms. The maximum absolute atomic E-state index is 12.0. The number of thiophene rings is 1. The predicted molar refractivity (Wildman–Crippen MR) is 83.6 cm³/mol. The first kappa shape index (κ1) is 14.4. The van der Waals surface area contributed by atoms with Crippen LogP contribution in [-0.4, -0.2) is 15.6 Å². The molecule has 1 aliphatic heterocycles. The molecule has 6 heteroatoms. The largest absolute Gasteiger partial charge is 0.477 e. The molecule has 21 heavy (non-hydrogen) atoms. The molecule has 0 aromatic carbocycles. The third kappa shape index (κ3) is 2.30. The van der Waals surface area contributed by atoms with Gasteiger partial charge in [0.2, 0.25) is 0 Å². The molecular weight excluding hydrogens is 310 g/mol. The molecular formula is C15H14ClNO3S. The van der Waals surface area contributed by atoms with Crippen LogP contribution in [-0.2, 0) is 6.42 Å². The topological polar surface area (TPSA) is 59.3 Å². The Labute approximate surface area is 130 Å². The molecule has 3 heterocycles. The van der Waals surface area contributed by atoms with Gasteiger partial charge in [-0.1, -0.05) is 25.4 Å². The van der Waals surface area contributed by atoms with E-state index in [1.54, 1.807) is 0 Å². The minimum absolute atomic E-state index is 0.126. The van der Waals surface area contributed by atoms with Gasteiger partial charge in [0.25, 0.3) is 0 Å². The van der Waals surface area contributed by atoms with Gasteiger partial charge in [-0.25, -0.2) is 4.79 Å². The molecule has 0 spiro atoms. The number of nitrogens with zero attached hydrogens (tertiary/aromatic N) is 1.